The van der Waals surface area contributed by atoms with Gasteiger partial charge in [-0.1, -0.05) is 25.5 Å². The Bertz CT molecular complexity index is 1080. The maximum absolute atomic E-state index is 11.7. The van der Waals surface area contributed by atoms with Gasteiger partial charge in [0.05, 0.1) is 25.6 Å². The van der Waals surface area contributed by atoms with Gasteiger partial charge in [0, 0.05) is 17.4 Å². The Labute approximate surface area is 231 Å². The van der Waals surface area contributed by atoms with E-state index in [9.17, 15) is 20.1 Å². The number of aliphatic hydroxyl groups excluding tert-OH is 3. The minimum atomic E-state index is -1.29. The van der Waals surface area contributed by atoms with Crippen molar-refractivity contribution in [2.75, 3.05) is 7.11 Å². The van der Waals surface area contributed by atoms with Crippen LogP contribution in [0.4, 0.5) is 0 Å². The van der Waals surface area contributed by atoms with Crippen LogP contribution in [0.3, 0.4) is 0 Å². The van der Waals surface area contributed by atoms with Gasteiger partial charge in [-0.05, 0) is 87.2 Å². The Kier molecular flexibility index (Phi) is 6.82. The summed E-state index contributed by atoms with van der Waals surface area (Å²) in [4.78, 5) is 11.7. The molecule has 0 unspecified atom stereocenters. The maximum Gasteiger partial charge on any atom is 0.330 e. The van der Waals surface area contributed by atoms with Gasteiger partial charge < -0.3 is 34.3 Å². The zero-order valence-electron chi connectivity index (χ0n) is 23.5. The lowest BCUT2D eigenvalue weighted by molar-refractivity contribution is -0.301. The van der Waals surface area contributed by atoms with E-state index in [1.54, 1.807) is 6.92 Å². The molecule has 3 N–H and O–H groups in total. The second kappa shape index (κ2) is 9.69. The summed E-state index contributed by atoms with van der Waals surface area (Å²) < 4.78 is 23.5. The number of carbonyl (C=O) groups excluding carboxylic acids is 1. The highest BCUT2D eigenvalue weighted by molar-refractivity contribution is 5.82. The SMILES string of the molecule is COC(=O)/C=C/C1=CO[C@]23CC[C@H]1[C@@]2(C)CC[C@H]1[C@H]3CCC2=C[C@@H](O[C@@H]3O[C@@H](C)[C@H](O)[C@@H](O)[C@H]3O)CC[C@@]21C. The van der Waals surface area contributed by atoms with Gasteiger partial charge in [0.2, 0.25) is 0 Å². The summed E-state index contributed by atoms with van der Waals surface area (Å²) in [6, 6.07) is 0. The van der Waals surface area contributed by atoms with E-state index < -0.39 is 30.7 Å². The molecule has 4 fully saturated rings. The van der Waals surface area contributed by atoms with Crippen LogP contribution in [0.1, 0.15) is 72.1 Å². The van der Waals surface area contributed by atoms with Crippen molar-refractivity contribution in [2.45, 2.75) is 115 Å². The third-order valence-electron chi connectivity index (χ3n) is 11.7. The van der Waals surface area contributed by atoms with Crippen molar-refractivity contribution in [3.63, 3.8) is 0 Å². The molecule has 6 rings (SSSR count). The molecule has 0 spiro atoms. The summed E-state index contributed by atoms with van der Waals surface area (Å²) in [5.74, 6) is 1.05. The van der Waals surface area contributed by atoms with Crippen LogP contribution in [0.15, 0.2) is 35.6 Å². The van der Waals surface area contributed by atoms with E-state index in [1.807, 2.05) is 12.3 Å². The molecule has 0 amide bonds. The number of ether oxygens (including phenoxy) is 4. The molecule has 2 aliphatic heterocycles. The van der Waals surface area contributed by atoms with Crippen LogP contribution in [0.25, 0.3) is 0 Å². The summed E-state index contributed by atoms with van der Waals surface area (Å²) in [6.45, 7) is 6.52. The van der Waals surface area contributed by atoms with Gasteiger partial charge in [-0.15, -0.1) is 0 Å². The van der Waals surface area contributed by atoms with E-state index in [1.165, 1.54) is 18.8 Å². The molecule has 4 aliphatic carbocycles. The Hall–Kier alpha value is -1.71. The summed E-state index contributed by atoms with van der Waals surface area (Å²) in [6.07, 6.45) is 10.4. The lowest BCUT2D eigenvalue weighted by Gasteiger charge is -2.64. The van der Waals surface area contributed by atoms with Gasteiger partial charge in [-0.3, -0.25) is 0 Å². The topological polar surface area (TPSA) is 115 Å². The minimum absolute atomic E-state index is 0.0488. The predicted molar refractivity (Wildman–Crippen MR) is 142 cm³/mol. The smallest absolute Gasteiger partial charge is 0.330 e. The molecule has 1 saturated heterocycles. The number of methoxy groups -OCH3 is 1. The zero-order chi connectivity index (χ0) is 27.7. The molecule has 2 heterocycles. The number of hydrogen-bond donors (Lipinski definition) is 3. The first-order valence-electron chi connectivity index (χ1n) is 14.7. The van der Waals surface area contributed by atoms with E-state index in [2.05, 4.69) is 19.9 Å². The molecule has 216 valence electrons. The Morgan fingerprint density at radius 2 is 1.82 bits per heavy atom. The van der Waals surface area contributed by atoms with Crippen LogP contribution in [-0.2, 0) is 23.7 Å². The number of carbonyl (C=O) groups is 1. The second-order valence-electron chi connectivity index (χ2n) is 13.3. The Morgan fingerprint density at radius 1 is 1.03 bits per heavy atom. The maximum atomic E-state index is 11.7. The van der Waals surface area contributed by atoms with Crippen LogP contribution in [-0.4, -0.2) is 70.8 Å². The fraction of sp³-hybridized carbons (Fsp3) is 0.774. The first-order valence-corrected chi connectivity index (χ1v) is 14.7. The standard InChI is InChI=1S/C31H44O8/c1-17-25(33)26(34)27(35)28(38-17)39-20-9-12-29(2)19(15-20)6-7-23-22(29)10-13-30(3)21-11-14-31(23,30)37-16-18(21)5-8-24(32)36-4/h5,8,15-17,20-23,25-28,33-35H,6-7,9-14H2,1-4H3/b8-5+/t17-,20-,21+,22-,23+,25-,26+,27+,28-,29-,30+,31-/m0/s1. The van der Waals surface area contributed by atoms with Gasteiger partial charge in [0.25, 0.3) is 0 Å². The predicted octanol–water partition coefficient (Wildman–Crippen LogP) is 3.54. The molecule has 3 saturated carbocycles. The van der Waals surface area contributed by atoms with Gasteiger partial charge in [0.15, 0.2) is 6.29 Å². The van der Waals surface area contributed by atoms with E-state index >= 15 is 0 Å². The lowest BCUT2D eigenvalue weighted by Crippen LogP contribution is -2.62. The summed E-state index contributed by atoms with van der Waals surface area (Å²) >= 11 is 0. The number of allylic oxidation sites excluding steroid dienone is 3. The molecule has 6 aliphatic rings. The lowest BCUT2D eigenvalue weighted by atomic mass is 9.44. The largest absolute Gasteiger partial charge is 0.494 e. The number of fused-ring (bicyclic) bond motifs is 3. The van der Waals surface area contributed by atoms with Crippen molar-refractivity contribution in [1.29, 1.82) is 0 Å². The highest BCUT2D eigenvalue weighted by atomic mass is 16.7. The van der Waals surface area contributed by atoms with E-state index in [4.69, 9.17) is 18.9 Å². The quantitative estimate of drug-likeness (QED) is 0.280. The molecule has 0 aromatic rings. The molecular formula is C31H44O8. The van der Waals surface area contributed by atoms with Crippen LogP contribution in [0.2, 0.25) is 0 Å². The van der Waals surface area contributed by atoms with Gasteiger partial charge >= 0.3 is 5.97 Å². The van der Waals surface area contributed by atoms with Crippen LogP contribution in [0.5, 0.6) is 0 Å². The van der Waals surface area contributed by atoms with Gasteiger partial charge in [-0.25, -0.2) is 4.79 Å². The monoisotopic (exact) mass is 544 g/mol. The molecule has 2 bridgehead atoms. The Morgan fingerprint density at radius 3 is 2.59 bits per heavy atom. The molecule has 0 aromatic carbocycles. The van der Waals surface area contributed by atoms with E-state index in [0.29, 0.717) is 17.8 Å². The average molecular weight is 545 g/mol. The highest BCUT2D eigenvalue weighted by Crippen LogP contribution is 2.71. The number of hydrogen-bond acceptors (Lipinski definition) is 8. The minimum Gasteiger partial charge on any atom is -0.494 e. The van der Waals surface area contributed by atoms with Crippen LogP contribution < -0.4 is 0 Å². The van der Waals surface area contributed by atoms with Crippen LogP contribution >= 0.6 is 0 Å². The first-order chi connectivity index (χ1) is 18.5. The summed E-state index contributed by atoms with van der Waals surface area (Å²) in [5, 5.41) is 30.7. The summed E-state index contributed by atoms with van der Waals surface area (Å²) in [5.41, 5.74) is 2.49. The normalized spacial score (nSPS) is 50.7. The van der Waals surface area contributed by atoms with Gasteiger partial charge in [0.1, 0.15) is 23.9 Å². The van der Waals surface area contributed by atoms with Crippen molar-refractivity contribution in [1.82, 2.24) is 0 Å². The summed E-state index contributed by atoms with van der Waals surface area (Å²) in [7, 11) is 1.40. The number of rotatable bonds is 4. The fourth-order valence-electron chi connectivity index (χ4n) is 9.50. The highest BCUT2D eigenvalue weighted by Gasteiger charge is 2.70. The van der Waals surface area contributed by atoms with Gasteiger partial charge in [-0.2, -0.15) is 0 Å². The molecule has 0 radical (unpaired) electrons. The third kappa shape index (κ3) is 4.00. The third-order valence-corrected chi connectivity index (χ3v) is 11.7. The average Bonchev–Trinajstić information content (AvgIpc) is 3.09. The molecular weight excluding hydrogens is 500 g/mol. The van der Waals surface area contributed by atoms with Crippen molar-refractivity contribution >= 4 is 5.97 Å². The van der Waals surface area contributed by atoms with E-state index in [-0.39, 0.29) is 28.5 Å². The Balaban J connectivity index is 1.21. The second-order valence-corrected chi connectivity index (χ2v) is 13.3. The van der Waals surface area contributed by atoms with Crippen LogP contribution in [0, 0.1) is 28.6 Å². The van der Waals surface area contributed by atoms with Crippen molar-refractivity contribution in [3.05, 3.63) is 35.6 Å². The number of esters is 1. The molecule has 39 heavy (non-hydrogen) atoms. The molecule has 8 nitrogen and oxygen atoms in total. The fourth-order valence-corrected chi connectivity index (χ4v) is 9.50. The molecule has 12 atom stereocenters. The van der Waals surface area contributed by atoms with Crippen molar-refractivity contribution in [2.24, 2.45) is 28.6 Å². The van der Waals surface area contributed by atoms with Crippen molar-refractivity contribution < 1.29 is 39.1 Å². The van der Waals surface area contributed by atoms with Crippen molar-refractivity contribution in [3.8, 4) is 0 Å². The molecule has 8 heteroatoms. The number of aliphatic hydroxyl groups is 3. The zero-order valence-corrected chi connectivity index (χ0v) is 23.5. The molecule has 0 aromatic heterocycles. The van der Waals surface area contributed by atoms with E-state index in [0.717, 1.165) is 56.9 Å². The first kappa shape index (κ1) is 27.5.